The van der Waals surface area contributed by atoms with Crippen LogP contribution in [0.3, 0.4) is 0 Å². The molecule has 1 fully saturated rings. The van der Waals surface area contributed by atoms with Crippen molar-refractivity contribution in [2.24, 2.45) is 0 Å². The van der Waals surface area contributed by atoms with Gasteiger partial charge in [-0.2, -0.15) is 5.06 Å². The summed E-state index contributed by atoms with van der Waals surface area (Å²) in [6.07, 6.45) is 3.19. The summed E-state index contributed by atoms with van der Waals surface area (Å²) >= 11 is 0. The summed E-state index contributed by atoms with van der Waals surface area (Å²) in [5.41, 5.74) is 0.522. The van der Waals surface area contributed by atoms with Gasteiger partial charge >= 0.3 is 0 Å². The van der Waals surface area contributed by atoms with Crippen LogP contribution in [0.15, 0.2) is 24.0 Å². The molecule has 0 atom stereocenters. The van der Waals surface area contributed by atoms with Crippen LogP contribution in [0.2, 0.25) is 0 Å². The van der Waals surface area contributed by atoms with Gasteiger partial charge in [-0.05, 0) is 46.6 Å². The minimum absolute atomic E-state index is 0.0861. The molecule has 0 saturated carbocycles. The Morgan fingerprint density at radius 2 is 1.67 bits per heavy atom. The van der Waals surface area contributed by atoms with Crippen molar-refractivity contribution in [2.45, 2.75) is 51.6 Å². The molecule has 3 heteroatoms. The largest absolute Gasteiger partial charge is 0.509 e. The van der Waals surface area contributed by atoms with Gasteiger partial charge in [-0.3, -0.25) is 0 Å². The van der Waals surface area contributed by atoms with Crippen LogP contribution in [0.4, 0.5) is 0 Å². The van der Waals surface area contributed by atoms with E-state index in [0.717, 1.165) is 18.4 Å². The zero-order valence-corrected chi connectivity index (χ0v) is 10.0. The Morgan fingerprint density at radius 1 is 1.27 bits per heavy atom. The van der Waals surface area contributed by atoms with Gasteiger partial charge in [0, 0.05) is 11.1 Å². The van der Waals surface area contributed by atoms with E-state index < -0.39 is 0 Å². The summed E-state index contributed by atoms with van der Waals surface area (Å²) in [5, 5.41) is 20.6. The molecule has 2 N–H and O–H groups in total. The average Bonchev–Trinajstić information content (AvgIpc) is 1.97. The molecule has 0 amide bonds. The molecule has 15 heavy (non-hydrogen) atoms. The van der Waals surface area contributed by atoms with E-state index in [1.807, 2.05) is 27.7 Å². The quantitative estimate of drug-likeness (QED) is 0.655. The molecule has 1 aliphatic heterocycles. The second-order valence-corrected chi connectivity index (χ2v) is 5.58. The first-order valence-electron chi connectivity index (χ1n) is 5.22. The molecule has 1 saturated heterocycles. The van der Waals surface area contributed by atoms with Gasteiger partial charge in [0.05, 0.1) is 0 Å². The molecule has 0 aromatic heterocycles. The Bertz CT molecular complexity index is 283. The third-order valence-electron chi connectivity index (χ3n) is 2.84. The minimum Gasteiger partial charge on any atom is -0.509 e. The molecule has 1 aliphatic rings. The highest BCUT2D eigenvalue weighted by Crippen LogP contribution is 2.39. The summed E-state index contributed by atoms with van der Waals surface area (Å²) in [5.74, 6) is 0.0861. The second kappa shape index (κ2) is 3.65. The summed E-state index contributed by atoms with van der Waals surface area (Å²) in [7, 11) is 0. The van der Waals surface area contributed by atoms with Crippen molar-refractivity contribution in [2.75, 3.05) is 0 Å². The highest BCUT2D eigenvalue weighted by molar-refractivity contribution is 5.22. The monoisotopic (exact) mass is 211 g/mol. The van der Waals surface area contributed by atoms with Gasteiger partial charge < -0.3 is 10.3 Å². The van der Waals surface area contributed by atoms with Gasteiger partial charge in [0.1, 0.15) is 5.76 Å². The SMILES string of the molecule is C=C(O)C=C1CC(C)(C)N(O)C(C)(C)C1. The lowest BCUT2D eigenvalue weighted by Crippen LogP contribution is -2.57. The number of rotatable bonds is 1. The fourth-order valence-corrected chi connectivity index (χ4v) is 2.48. The fourth-order valence-electron chi connectivity index (χ4n) is 2.48. The molecule has 0 spiro atoms. The smallest absolute Gasteiger partial charge is 0.108 e. The van der Waals surface area contributed by atoms with Gasteiger partial charge in [-0.15, -0.1) is 0 Å². The van der Waals surface area contributed by atoms with Crippen LogP contribution in [0.5, 0.6) is 0 Å². The maximum absolute atomic E-state index is 10.0. The van der Waals surface area contributed by atoms with Crippen LogP contribution in [-0.2, 0) is 0 Å². The van der Waals surface area contributed by atoms with Gasteiger partial charge in [-0.25, -0.2) is 0 Å². The number of piperidine rings is 1. The number of aliphatic hydroxyl groups excluding tert-OH is 1. The van der Waals surface area contributed by atoms with Crippen LogP contribution in [0.1, 0.15) is 40.5 Å². The Hall–Kier alpha value is -0.800. The normalized spacial score (nSPS) is 25.0. The molecule has 86 valence electrons. The first kappa shape index (κ1) is 12.3. The topological polar surface area (TPSA) is 43.7 Å². The fraction of sp³-hybridized carbons (Fsp3) is 0.667. The van der Waals surface area contributed by atoms with Crippen LogP contribution < -0.4 is 0 Å². The van der Waals surface area contributed by atoms with Crippen molar-refractivity contribution in [3.05, 3.63) is 24.0 Å². The van der Waals surface area contributed by atoms with Crippen LogP contribution in [0, 0.1) is 0 Å². The molecule has 1 rings (SSSR count). The molecule has 0 aliphatic carbocycles. The minimum atomic E-state index is -0.303. The van der Waals surface area contributed by atoms with E-state index >= 15 is 0 Å². The molecular weight excluding hydrogens is 190 g/mol. The van der Waals surface area contributed by atoms with Crippen LogP contribution in [-0.4, -0.2) is 26.5 Å². The highest BCUT2D eigenvalue weighted by atomic mass is 16.5. The van der Waals surface area contributed by atoms with Crippen LogP contribution >= 0.6 is 0 Å². The Balaban J connectivity index is 2.99. The molecule has 0 aromatic rings. The predicted octanol–water partition coefficient (Wildman–Crippen LogP) is 3.03. The standard InChI is InChI=1S/C12H21NO2/c1-9(14)6-10-7-11(2,3)13(15)12(4,5)8-10/h6,14-15H,1,7-8H2,2-5H3. The Morgan fingerprint density at radius 3 is 2.00 bits per heavy atom. The number of nitrogens with zero attached hydrogens (tertiary/aromatic N) is 1. The summed E-state index contributed by atoms with van der Waals surface area (Å²) in [4.78, 5) is 0. The Kier molecular flexibility index (Phi) is 2.99. The first-order valence-corrected chi connectivity index (χ1v) is 5.22. The Labute approximate surface area is 91.7 Å². The third-order valence-corrected chi connectivity index (χ3v) is 2.84. The second-order valence-electron chi connectivity index (χ2n) is 5.58. The van der Waals surface area contributed by atoms with E-state index in [1.54, 1.807) is 6.08 Å². The molecule has 0 unspecified atom stereocenters. The molecule has 0 aromatic carbocycles. The summed E-state index contributed by atoms with van der Waals surface area (Å²) in [6, 6.07) is 0. The van der Waals surface area contributed by atoms with E-state index in [4.69, 9.17) is 5.11 Å². The van der Waals surface area contributed by atoms with Gasteiger partial charge in [0.2, 0.25) is 0 Å². The van der Waals surface area contributed by atoms with E-state index in [9.17, 15) is 5.21 Å². The zero-order valence-electron chi connectivity index (χ0n) is 10.0. The summed E-state index contributed by atoms with van der Waals surface area (Å²) < 4.78 is 0. The number of hydroxylamine groups is 2. The van der Waals surface area contributed by atoms with Gasteiger partial charge in [0.25, 0.3) is 0 Å². The molecule has 3 nitrogen and oxygen atoms in total. The molecule has 1 heterocycles. The maximum Gasteiger partial charge on any atom is 0.108 e. The van der Waals surface area contributed by atoms with Crippen molar-refractivity contribution in [1.29, 1.82) is 0 Å². The average molecular weight is 211 g/mol. The van der Waals surface area contributed by atoms with Crippen LogP contribution in [0.25, 0.3) is 0 Å². The highest BCUT2D eigenvalue weighted by Gasteiger charge is 2.42. The van der Waals surface area contributed by atoms with Gasteiger partial charge in [0.15, 0.2) is 0 Å². The summed E-state index contributed by atoms with van der Waals surface area (Å²) in [6.45, 7) is 11.4. The number of hydrogen-bond donors (Lipinski definition) is 2. The van der Waals surface area contributed by atoms with Crippen molar-refractivity contribution < 1.29 is 10.3 Å². The van der Waals surface area contributed by atoms with Crippen molar-refractivity contribution >= 4 is 0 Å². The number of allylic oxidation sites excluding steroid dienone is 1. The van der Waals surface area contributed by atoms with E-state index in [-0.39, 0.29) is 16.8 Å². The third kappa shape index (κ3) is 2.61. The zero-order chi connectivity index (χ0) is 11.9. The van der Waals surface area contributed by atoms with Crippen molar-refractivity contribution in [1.82, 2.24) is 5.06 Å². The predicted molar refractivity (Wildman–Crippen MR) is 60.9 cm³/mol. The lowest BCUT2D eigenvalue weighted by atomic mass is 9.78. The maximum atomic E-state index is 10.0. The molecule has 0 radical (unpaired) electrons. The number of hydrogen-bond acceptors (Lipinski definition) is 3. The number of aliphatic hydroxyl groups is 1. The molecular formula is C12H21NO2. The van der Waals surface area contributed by atoms with Crippen molar-refractivity contribution in [3.8, 4) is 0 Å². The van der Waals surface area contributed by atoms with E-state index in [1.165, 1.54) is 5.06 Å². The lowest BCUT2D eigenvalue weighted by molar-refractivity contribution is -0.232. The van der Waals surface area contributed by atoms with E-state index in [2.05, 4.69) is 6.58 Å². The van der Waals surface area contributed by atoms with Crippen molar-refractivity contribution in [3.63, 3.8) is 0 Å². The molecule has 0 bridgehead atoms. The lowest BCUT2D eigenvalue weighted by Gasteiger charge is -2.49. The first-order chi connectivity index (χ1) is 6.65. The van der Waals surface area contributed by atoms with E-state index in [0.29, 0.717) is 0 Å². The van der Waals surface area contributed by atoms with Gasteiger partial charge in [-0.1, -0.05) is 12.2 Å².